The number of nitrogens with zero attached hydrogens (tertiary/aromatic N) is 4. The van der Waals surface area contributed by atoms with E-state index in [2.05, 4.69) is 30.2 Å². The van der Waals surface area contributed by atoms with Crippen molar-refractivity contribution in [2.75, 3.05) is 5.32 Å². The molecule has 0 aromatic carbocycles. The standard InChI is InChI=1S/C17H23ClN6/c18-17-22-15(21-12-7-10-5-6-11(8-12)20-10)14-16(23-17)24(9-19-14)13-3-1-2-4-13/h9-13,20H,1-8H2,(H,21,22,23). The minimum absolute atomic E-state index is 0.307. The molecule has 1 aliphatic carbocycles. The predicted octanol–water partition coefficient (Wildman–Crippen LogP) is 3.29. The molecular formula is C17H23ClN6. The summed E-state index contributed by atoms with van der Waals surface area (Å²) in [6, 6.07) is 2.23. The normalized spacial score (nSPS) is 30.3. The van der Waals surface area contributed by atoms with Crippen LogP contribution < -0.4 is 10.6 Å². The van der Waals surface area contributed by atoms with E-state index >= 15 is 0 Å². The van der Waals surface area contributed by atoms with Crippen molar-refractivity contribution in [3.8, 4) is 0 Å². The molecule has 5 rings (SSSR count). The highest BCUT2D eigenvalue weighted by molar-refractivity contribution is 6.28. The van der Waals surface area contributed by atoms with Crippen molar-refractivity contribution in [2.24, 2.45) is 0 Å². The second kappa shape index (κ2) is 5.85. The number of imidazole rings is 1. The number of rotatable bonds is 3. The Morgan fingerprint density at radius 3 is 2.58 bits per heavy atom. The predicted molar refractivity (Wildman–Crippen MR) is 94.4 cm³/mol. The summed E-state index contributed by atoms with van der Waals surface area (Å²) in [5.41, 5.74) is 1.73. The monoisotopic (exact) mass is 346 g/mol. The van der Waals surface area contributed by atoms with E-state index in [1.807, 2.05) is 6.33 Å². The molecule has 128 valence electrons. The molecule has 7 heteroatoms. The third-order valence-electron chi connectivity index (χ3n) is 5.93. The van der Waals surface area contributed by atoms with E-state index < -0.39 is 0 Å². The van der Waals surface area contributed by atoms with E-state index in [0.717, 1.165) is 29.8 Å². The van der Waals surface area contributed by atoms with Gasteiger partial charge in [0.25, 0.3) is 0 Å². The van der Waals surface area contributed by atoms with Crippen molar-refractivity contribution >= 4 is 28.6 Å². The van der Waals surface area contributed by atoms with Gasteiger partial charge in [0.05, 0.1) is 6.33 Å². The molecule has 2 aromatic rings. The van der Waals surface area contributed by atoms with Gasteiger partial charge >= 0.3 is 0 Å². The van der Waals surface area contributed by atoms with Crippen molar-refractivity contribution in [3.05, 3.63) is 11.6 Å². The van der Waals surface area contributed by atoms with E-state index in [1.54, 1.807) is 0 Å². The summed E-state index contributed by atoms with van der Waals surface area (Å²) >= 11 is 6.23. The van der Waals surface area contributed by atoms with Crippen LogP contribution in [-0.4, -0.2) is 37.6 Å². The van der Waals surface area contributed by atoms with E-state index in [1.165, 1.54) is 38.5 Å². The Kier molecular flexibility index (Phi) is 3.63. The molecule has 2 saturated heterocycles. The topological polar surface area (TPSA) is 67.7 Å². The smallest absolute Gasteiger partial charge is 0.226 e. The van der Waals surface area contributed by atoms with Crippen molar-refractivity contribution in [1.29, 1.82) is 0 Å². The van der Waals surface area contributed by atoms with Crippen LogP contribution in [0.2, 0.25) is 5.28 Å². The lowest BCUT2D eigenvalue weighted by Gasteiger charge is -2.30. The third kappa shape index (κ3) is 2.56. The Bertz CT molecular complexity index is 741. The fourth-order valence-corrected chi connectivity index (χ4v) is 4.97. The van der Waals surface area contributed by atoms with E-state index in [-0.39, 0.29) is 0 Å². The molecule has 3 fully saturated rings. The number of anilines is 1. The minimum Gasteiger partial charge on any atom is -0.365 e. The first-order chi connectivity index (χ1) is 11.8. The Morgan fingerprint density at radius 2 is 1.83 bits per heavy atom. The lowest BCUT2D eigenvalue weighted by molar-refractivity contribution is 0.378. The van der Waals surface area contributed by atoms with Crippen molar-refractivity contribution in [1.82, 2.24) is 24.8 Å². The number of nitrogens with one attached hydrogen (secondary N) is 2. The fourth-order valence-electron chi connectivity index (χ4n) is 4.81. The zero-order valence-corrected chi connectivity index (χ0v) is 14.5. The molecule has 2 aromatic heterocycles. The van der Waals surface area contributed by atoms with Crippen LogP contribution in [0.25, 0.3) is 11.2 Å². The lowest BCUT2D eigenvalue weighted by Crippen LogP contribution is -2.43. The molecule has 24 heavy (non-hydrogen) atoms. The highest BCUT2D eigenvalue weighted by Gasteiger charge is 2.34. The summed E-state index contributed by atoms with van der Waals surface area (Å²) in [4.78, 5) is 13.6. The Labute approximate surface area is 146 Å². The molecular weight excluding hydrogens is 324 g/mol. The average molecular weight is 347 g/mol. The molecule has 4 heterocycles. The van der Waals surface area contributed by atoms with Gasteiger partial charge in [-0.2, -0.15) is 9.97 Å². The maximum Gasteiger partial charge on any atom is 0.226 e. The zero-order chi connectivity index (χ0) is 16.1. The Balaban J connectivity index is 1.47. The van der Waals surface area contributed by atoms with E-state index in [0.29, 0.717) is 29.5 Å². The molecule has 6 nitrogen and oxygen atoms in total. The molecule has 0 spiro atoms. The lowest BCUT2D eigenvalue weighted by atomic mass is 10.00. The van der Waals surface area contributed by atoms with Crippen LogP contribution in [0.1, 0.15) is 57.4 Å². The quantitative estimate of drug-likeness (QED) is 0.835. The van der Waals surface area contributed by atoms with E-state index in [4.69, 9.17) is 11.6 Å². The molecule has 3 aliphatic rings. The molecule has 0 amide bonds. The van der Waals surface area contributed by atoms with Gasteiger partial charge in [0.15, 0.2) is 17.0 Å². The highest BCUT2D eigenvalue weighted by atomic mass is 35.5. The zero-order valence-electron chi connectivity index (χ0n) is 13.7. The van der Waals surface area contributed by atoms with Crippen LogP contribution in [0.4, 0.5) is 5.82 Å². The van der Waals surface area contributed by atoms with Crippen molar-refractivity contribution < 1.29 is 0 Å². The van der Waals surface area contributed by atoms with Crippen LogP contribution in [0.5, 0.6) is 0 Å². The first kappa shape index (κ1) is 14.9. The van der Waals surface area contributed by atoms with Crippen LogP contribution in [0, 0.1) is 0 Å². The van der Waals surface area contributed by atoms with Gasteiger partial charge in [-0.25, -0.2) is 4.98 Å². The first-order valence-electron chi connectivity index (χ1n) is 9.19. The first-order valence-corrected chi connectivity index (χ1v) is 9.57. The second-order valence-electron chi connectivity index (χ2n) is 7.55. The number of hydrogen-bond donors (Lipinski definition) is 2. The SMILES string of the molecule is Clc1nc(NC2CC3CCC(C2)N3)c2ncn(C3CCCC3)c2n1. The van der Waals surface area contributed by atoms with Gasteiger partial charge in [-0.1, -0.05) is 12.8 Å². The fraction of sp³-hybridized carbons (Fsp3) is 0.706. The van der Waals surface area contributed by atoms with Gasteiger partial charge < -0.3 is 15.2 Å². The van der Waals surface area contributed by atoms with Gasteiger partial charge in [0.2, 0.25) is 5.28 Å². The minimum atomic E-state index is 0.307. The summed E-state index contributed by atoms with van der Waals surface area (Å²) in [5, 5.41) is 7.60. The maximum atomic E-state index is 6.23. The molecule has 2 N–H and O–H groups in total. The largest absolute Gasteiger partial charge is 0.365 e. The maximum absolute atomic E-state index is 6.23. The average Bonchev–Trinajstić information content (AvgIpc) is 3.27. The Hall–Kier alpha value is -1.40. The van der Waals surface area contributed by atoms with Crippen LogP contribution in [0.15, 0.2) is 6.33 Å². The third-order valence-corrected chi connectivity index (χ3v) is 6.10. The van der Waals surface area contributed by atoms with Gasteiger partial charge in [-0.3, -0.25) is 0 Å². The highest BCUT2D eigenvalue weighted by Crippen LogP contribution is 2.34. The van der Waals surface area contributed by atoms with Crippen molar-refractivity contribution in [3.63, 3.8) is 0 Å². The summed E-state index contributed by atoms with van der Waals surface area (Å²) < 4.78 is 2.20. The molecule has 2 aliphatic heterocycles. The number of aromatic nitrogens is 4. The van der Waals surface area contributed by atoms with Crippen LogP contribution >= 0.6 is 11.6 Å². The summed E-state index contributed by atoms with van der Waals surface area (Å²) in [6.45, 7) is 0. The van der Waals surface area contributed by atoms with Crippen LogP contribution in [-0.2, 0) is 0 Å². The van der Waals surface area contributed by atoms with Crippen LogP contribution in [0.3, 0.4) is 0 Å². The van der Waals surface area contributed by atoms with Gasteiger partial charge in [-0.15, -0.1) is 0 Å². The number of piperidine rings is 1. The summed E-state index contributed by atoms with van der Waals surface area (Å²) in [7, 11) is 0. The molecule has 1 saturated carbocycles. The number of fused-ring (bicyclic) bond motifs is 3. The molecule has 2 atom stereocenters. The Morgan fingerprint density at radius 1 is 1.08 bits per heavy atom. The molecule has 0 radical (unpaired) electrons. The number of hydrogen-bond acceptors (Lipinski definition) is 5. The summed E-state index contributed by atoms with van der Waals surface area (Å²) in [5.74, 6) is 0.799. The van der Waals surface area contributed by atoms with Gasteiger partial charge in [-0.05, 0) is 50.1 Å². The van der Waals surface area contributed by atoms with Crippen molar-refractivity contribution in [2.45, 2.75) is 75.5 Å². The van der Waals surface area contributed by atoms with Gasteiger partial charge in [0, 0.05) is 24.2 Å². The van der Waals surface area contributed by atoms with Gasteiger partial charge in [0.1, 0.15) is 0 Å². The molecule has 2 bridgehead atoms. The molecule has 2 unspecified atom stereocenters. The number of halogens is 1. The summed E-state index contributed by atoms with van der Waals surface area (Å²) in [6.07, 6.45) is 11.8. The van der Waals surface area contributed by atoms with E-state index in [9.17, 15) is 0 Å². The second-order valence-corrected chi connectivity index (χ2v) is 7.89.